The van der Waals surface area contributed by atoms with E-state index in [0.29, 0.717) is 0 Å². The van der Waals surface area contributed by atoms with Crippen LogP contribution in [0.2, 0.25) is 0 Å². The van der Waals surface area contributed by atoms with Crippen molar-refractivity contribution in [1.82, 2.24) is 10.2 Å². The molecule has 1 rings (SSSR count). The zero-order chi connectivity index (χ0) is 9.90. The van der Waals surface area contributed by atoms with E-state index in [1.165, 1.54) is 13.1 Å². The van der Waals surface area contributed by atoms with Crippen LogP contribution in [-0.2, 0) is 4.74 Å². The molecule has 0 aromatic rings. The molecular formula is C10H22N2O. The number of nitrogens with zero attached hydrogens (tertiary/aromatic N) is 1. The Kier molecular flexibility index (Phi) is 3.71. The molecule has 0 atom stereocenters. The summed E-state index contributed by atoms with van der Waals surface area (Å²) in [4.78, 5) is 2.34. The van der Waals surface area contributed by atoms with E-state index in [9.17, 15) is 0 Å². The Balaban J connectivity index is 2.10. The SMILES string of the molecule is COCC(C)(C)NCC1CN(C)C1. The van der Waals surface area contributed by atoms with Gasteiger partial charge in [0, 0.05) is 32.3 Å². The van der Waals surface area contributed by atoms with Crippen molar-refractivity contribution in [2.24, 2.45) is 5.92 Å². The van der Waals surface area contributed by atoms with Crippen LogP contribution in [0.3, 0.4) is 0 Å². The molecule has 0 spiro atoms. The lowest BCUT2D eigenvalue weighted by molar-refractivity contribution is 0.0968. The number of nitrogens with one attached hydrogen (secondary N) is 1. The van der Waals surface area contributed by atoms with Gasteiger partial charge in [0.25, 0.3) is 0 Å². The number of rotatable bonds is 5. The number of methoxy groups -OCH3 is 1. The smallest absolute Gasteiger partial charge is 0.0639 e. The van der Waals surface area contributed by atoms with Crippen LogP contribution >= 0.6 is 0 Å². The normalized spacial score (nSPS) is 20.3. The Morgan fingerprint density at radius 2 is 2.08 bits per heavy atom. The van der Waals surface area contributed by atoms with Crippen molar-refractivity contribution in [3.05, 3.63) is 0 Å². The maximum atomic E-state index is 5.14. The van der Waals surface area contributed by atoms with Crippen LogP contribution in [0.15, 0.2) is 0 Å². The minimum absolute atomic E-state index is 0.114. The molecule has 0 radical (unpaired) electrons. The molecule has 1 heterocycles. The Labute approximate surface area is 81.4 Å². The van der Waals surface area contributed by atoms with Crippen molar-refractivity contribution in [3.8, 4) is 0 Å². The average Bonchev–Trinajstić information content (AvgIpc) is 1.96. The molecule has 13 heavy (non-hydrogen) atoms. The van der Waals surface area contributed by atoms with Crippen molar-refractivity contribution in [2.75, 3.05) is 40.4 Å². The van der Waals surface area contributed by atoms with E-state index in [2.05, 4.69) is 31.1 Å². The Bertz CT molecular complexity index is 153. The molecule has 1 N–H and O–H groups in total. The van der Waals surface area contributed by atoms with Crippen LogP contribution in [0, 0.1) is 5.92 Å². The van der Waals surface area contributed by atoms with Gasteiger partial charge >= 0.3 is 0 Å². The van der Waals surface area contributed by atoms with E-state index in [-0.39, 0.29) is 5.54 Å². The first-order valence-electron chi connectivity index (χ1n) is 4.96. The second kappa shape index (κ2) is 4.40. The summed E-state index contributed by atoms with van der Waals surface area (Å²) in [7, 11) is 3.91. The molecule has 0 saturated carbocycles. The second-order valence-corrected chi connectivity index (χ2v) is 4.79. The number of hydrogen-bond acceptors (Lipinski definition) is 3. The van der Waals surface area contributed by atoms with E-state index in [1.807, 2.05) is 0 Å². The monoisotopic (exact) mass is 186 g/mol. The lowest BCUT2D eigenvalue weighted by Crippen LogP contribution is -2.53. The van der Waals surface area contributed by atoms with E-state index >= 15 is 0 Å². The van der Waals surface area contributed by atoms with Crippen molar-refractivity contribution in [1.29, 1.82) is 0 Å². The highest BCUT2D eigenvalue weighted by molar-refractivity contribution is 4.83. The van der Waals surface area contributed by atoms with Gasteiger partial charge in [-0.2, -0.15) is 0 Å². The van der Waals surface area contributed by atoms with Crippen molar-refractivity contribution >= 4 is 0 Å². The maximum absolute atomic E-state index is 5.14. The first-order chi connectivity index (χ1) is 6.03. The third-order valence-electron chi connectivity index (χ3n) is 2.51. The number of ether oxygens (including phenoxy) is 1. The first-order valence-corrected chi connectivity index (χ1v) is 4.96. The van der Waals surface area contributed by atoms with E-state index < -0.39 is 0 Å². The van der Waals surface area contributed by atoms with Gasteiger partial charge in [0.05, 0.1) is 6.61 Å². The van der Waals surface area contributed by atoms with Gasteiger partial charge in [-0.15, -0.1) is 0 Å². The summed E-state index contributed by atoms with van der Waals surface area (Å²) in [6.07, 6.45) is 0. The Hall–Kier alpha value is -0.120. The highest BCUT2D eigenvalue weighted by Crippen LogP contribution is 2.12. The predicted octanol–water partition coefficient (Wildman–Crippen LogP) is 0.563. The van der Waals surface area contributed by atoms with Crippen LogP contribution in [0.1, 0.15) is 13.8 Å². The van der Waals surface area contributed by atoms with Gasteiger partial charge in [0.15, 0.2) is 0 Å². The topological polar surface area (TPSA) is 24.5 Å². The number of likely N-dealkylation sites (tertiary alicyclic amines) is 1. The lowest BCUT2D eigenvalue weighted by atomic mass is 9.99. The second-order valence-electron chi connectivity index (χ2n) is 4.79. The molecule has 3 nitrogen and oxygen atoms in total. The summed E-state index contributed by atoms with van der Waals surface area (Å²) in [5.41, 5.74) is 0.114. The lowest BCUT2D eigenvalue weighted by Gasteiger charge is -2.38. The molecule has 0 bridgehead atoms. The fraction of sp³-hybridized carbons (Fsp3) is 1.00. The molecule has 0 unspecified atom stereocenters. The highest BCUT2D eigenvalue weighted by Gasteiger charge is 2.25. The highest BCUT2D eigenvalue weighted by atomic mass is 16.5. The van der Waals surface area contributed by atoms with E-state index in [0.717, 1.165) is 19.1 Å². The molecule has 78 valence electrons. The first kappa shape index (κ1) is 11.0. The molecule has 0 aromatic carbocycles. The van der Waals surface area contributed by atoms with Crippen LogP contribution in [0.5, 0.6) is 0 Å². The van der Waals surface area contributed by atoms with Crippen LogP contribution in [-0.4, -0.2) is 50.8 Å². The molecular weight excluding hydrogens is 164 g/mol. The van der Waals surface area contributed by atoms with Gasteiger partial charge in [0.1, 0.15) is 0 Å². The average molecular weight is 186 g/mol. The van der Waals surface area contributed by atoms with Crippen LogP contribution in [0.4, 0.5) is 0 Å². The molecule has 1 fully saturated rings. The minimum atomic E-state index is 0.114. The van der Waals surface area contributed by atoms with Crippen molar-refractivity contribution in [2.45, 2.75) is 19.4 Å². The van der Waals surface area contributed by atoms with Gasteiger partial charge in [0.2, 0.25) is 0 Å². The summed E-state index contributed by atoms with van der Waals surface area (Å²) in [5.74, 6) is 0.834. The summed E-state index contributed by atoms with van der Waals surface area (Å²) in [5, 5.41) is 3.53. The van der Waals surface area contributed by atoms with Crippen molar-refractivity contribution < 1.29 is 4.74 Å². The summed E-state index contributed by atoms with van der Waals surface area (Å²) in [6, 6.07) is 0. The maximum Gasteiger partial charge on any atom is 0.0639 e. The third kappa shape index (κ3) is 3.63. The molecule has 3 heteroatoms. The van der Waals surface area contributed by atoms with E-state index in [4.69, 9.17) is 4.74 Å². The van der Waals surface area contributed by atoms with Crippen LogP contribution < -0.4 is 5.32 Å². The third-order valence-corrected chi connectivity index (χ3v) is 2.51. The Morgan fingerprint density at radius 3 is 2.54 bits per heavy atom. The molecule has 1 saturated heterocycles. The quantitative estimate of drug-likeness (QED) is 0.679. The summed E-state index contributed by atoms with van der Waals surface area (Å²) < 4.78 is 5.14. The van der Waals surface area contributed by atoms with Crippen LogP contribution in [0.25, 0.3) is 0 Å². The zero-order valence-corrected chi connectivity index (χ0v) is 9.26. The van der Waals surface area contributed by atoms with Gasteiger partial charge in [-0.05, 0) is 26.8 Å². The molecule has 0 aliphatic carbocycles. The molecule has 0 amide bonds. The van der Waals surface area contributed by atoms with Gasteiger partial charge in [-0.1, -0.05) is 0 Å². The Morgan fingerprint density at radius 1 is 1.46 bits per heavy atom. The predicted molar refractivity (Wildman–Crippen MR) is 54.9 cm³/mol. The minimum Gasteiger partial charge on any atom is -0.383 e. The standard InChI is InChI=1S/C10H22N2O/c1-10(2,8-13-4)11-5-9-6-12(3)7-9/h9,11H,5-8H2,1-4H3. The molecule has 0 aromatic heterocycles. The molecule has 1 aliphatic heterocycles. The largest absolute Gasteiger partial charge is 0.383 e. The van der Waals surface area contributed by atoms with E-state index in [1.54, 1.807) is 7.11 Å². The van der Waals surface area contributed by atoms with Gasteiger partial charge in [-0.25, -0.2) is 0 Å². The van der Waals surface area contributed by atoms with Crippen molar-refractivity contribution in [3.63, 3.8) is 0 Å². The number of hydrogen-bond donors (Lipinski definition) is 1. The zero-order valence-electron chi connectivity index (χ0n) is 9.26. The van der Waals surface area contributed by atoms with Gasteiger partial charge in [-0.3, -0.25) is 0 Å². The molecule has 1 aliphatic rings. The summed E-state index contributed by atoms with van der Waals surface area (Å²) in [6.45, 7) is 8.71. The summed E-state index contributed by atoms with van der Waals surface area (Å²) >= 11 is 0. The van der Waals surface area contributed by atoms with Gasteiger partial charge < -0.3 is 15.0 Å². The fourth-order valence-corrected chi connectivity index (χ4v) is 1.79. The fourth-order valence-electron chi connectivity index (χ4n) is 1.79.